The number of hydrogen-bond acceptors (Lipinski definition) is 3. The Bertz CT molecular complexity index is 892. The Hall–Kier alpha value is -3.06. The van der Waals surface area contributed by atoms with Gasteiger partial charge in [-0.3, -0.25) is 10.1 Å². The number of benzene rings is 2. The van der Waals surface area contributed by atoms with Crippen LogP contribution in [0.2, 0.25) is 0 Å². The molecule has 0 aliphatic heterocycles. The van der Waals surface area contributed by atoms with E-state index in [0.29, 0.717) is 11.4 Å². The lowest BCUT2D eigenvalue weighted by atomic mass is 10.0. The van der Waals surface area contributed by atoms with E-state index in [2.05, 4.69) is 10.6 Å². The average molecular weight is 388 g/mol. The lowest BCUT2D eigenvalue weighted by Crippen LogP contribution is -2.40. The maximum absolute atomic E-state index is 12.6. The van der Waals surface area contributed by atoms with Crippen LogP contribution < -0.4 is 10.6 Å². The van der Waals surface area contributed by atoms with Gasteiger partial charge in [-0.2, -0.15) is 13.2 Å². The van der Waals surface area contributed by atoms with E-state index in [4.69, 9.17) is 4.42 Å². The highest BCUT2D eigenvalue weighted by Crippen LogP contribution is 2.30. The van der Waals surface area contributed by atoms with Crippen LogP contribution in [0, 0.1) is 0 Å². The topological polar surface area (TPSA) is 54.3 Å². The van der Waals surface area contributed by atoms with Gasteiger partial charge in [-0.15, -0.1) is 0 Å². The fourth-order valence-corrected chi connectivity index (χ4v) is 2.76. The third-order valence-corrected chi connectivity index (χ3v) is 4.25. The molecule has 0 bridgehead atoms. The molecule has 146 valence electrons. The third-order valence-electron chi connectivity index (χ3n) is 4.25. The Morgan fingerprint density at radius 2 is 1.64 bits per heavy atom. The number of carbonyl (C=O) groups is 1. The van der Waals surface area contributed by atoms with Gasteiger partial charge < -0.3 is 9.73 Å². The molecule has 1 heterocycles. The van der Waals surface area contributed by atoms with Gasteiger partial charge in [0.05, 0.1) is 23.9 Å². The average Bonchev–Trinajstić information content (AvgIpc) is 3.20. The predicted octanol–water partition coefficient (Wildman–Crippen LogP) is 5.00. The fourth-order valence-electron chi connectivity index (χ4n) is 2.76. The normalized spacial score (nSPS) is 13.7. The van der Waals surface area contributed by atoms with E-state index in [9.17, 15) is 18.0 Å². The summed E-state index contributed by atoms with van der Waals surface area (Å²) in [5, 5.41) is 5.83. The van der Waals surface area contributed by atoms with Crippen molar-refractivity contribution in [2.45, 2.75) is 25.2 Å². The number of nitrogens with one attached hydrogen (secondary N) is 2. The minimum absolute atomic E-state index is 0.293. The van der Waals surface area contributed by atoms with E-state index >= 15 is 0 Å². The molecule has 0 aliphatic carbocycles. The molecule has 4 nitrogen and oxygen atoms in total. The van der Waals surface area contributed by atoms with Gasteiger partial charge in [0, 0.05) is 5.69 Å². The molecule has 0 fully saturated rings. The van der Waals surface area contributed by atoms with Gasteiger partial charge in [-0.25, -0.2) is 0 Å². The second kappa shape index (κ2) is 8.31. The van der Waals surface area contributed by atoms with Crippen molar-refractivity contribution in [3.8, 4) is 0 Å². The largest absolute Gasteiger partial charge is 0.467 e. The van der Waals surface area contributed by atoms with Gasteiger partial charge in [-0.05, 0) is 48.9 Å². The van der Waals surface area contributed by atoms with Crippen LogP contribution in [-0.2, 0) is 11.0 Å². The van der Waals surface area contributed by atoms with E-state index in [-0.39, 0.29) is 11.9 Å². The van der Waals surface area contributed by atoms with Gasteiger partial charge in [0.2, 0.25) is 5.91 Å². The Kier molecular flexibility index (Phi) is 5.84. The summed E-state index contributed by atoms with van der Waals surface area (Å²) in [7, 11) is 0. The van der Waals surface area contributed by atoms with Crippen molar-refractivity contribution in [3.05, 3.63) is 89.9 Å². The van der Waals surface area contributed by atoms with Crippen molar-refractivity contribution in [1.29, 1.82) is 0 Å². The number of rotatable bonds is 6. The predicted molar refractivity (Wildman–Crippen MR) is 99.7 cm³/mol. The molecule has 2 N–H and O–H groups in total. The summed E-state index contributed by atoms with van der Waals surface area (Å²) in [6.45, 7) is 1.68. The third kappa shape index (κ3) is 4.80. The molecule has 1 amide bonds. The molecule has 0 unspecified atom stereocenters. The standard InChI is InChI=1S/C21H19F3N2O2/c1-14(20(27)26-17-11-9-16(10-12-17)21(22,23)24)25-19(18-8-5-13-28-18)15-6-3-2-4-7-15/h2-14,19,25H,1H3,(H,26,27)/t14-,19+/m0/s1. The van der Waals surface area contributed by atoms with Crippen LogP contribution >= 0.6 is 0 Å². The Balaban J connectivity index is 1.70. The van der Waals surface area contributed by atoms with E-state index < -0.39 is 17.8 Å². The first kappa shape index (κ1) is 19.7. The monoisotopic (exact) mass is 388 g/mol. The van der Waals surface area contributed by atoms with Crippen molar-refractivity contribution in [2.75, 3.05) is 5.32 Å². The maximum Gasteiger partial charge on any atom is 0.416 e. The number of carbonyl (C=O) groups excluding carboxylic acids is 1. The minimum Gasteiger partial charge on any atom is -0.467 e. The van der Waals surface area contributed by atoms with Crippen molar-refractivity contribution in [1.82, 2.24) is 5.32 Å². The molecule has 28 heavy (non-hydrogen) atoms. The molecule has 0 aliphatic rings. The highest BCUT2D eigenvalue weighted by Gasteiger charge is 2.30. The highest BCUT2D eigenvalue weighted by atomic mass is 19.4. The van der Waals surface area contributed by atoms with Crippen molar-refractivity contribution < 1.29 is 22.4 Å². The highest BCUT2D eigenvalue weighted by molar-refractivity contribution is 5.94. The molecule has 0 saturated heterocycles. The molecule has 3 aromatic rings. The van der Waals surface area contributed by atoms with Crippen LogP contribution in [0.15, 0.2) is 77.4 Å². The van der Waals surface area contributed by atoms with Crippen LogP contribution in [0.3, 0.4) is 0 Å². The van der Waals surface area contributed by atoms with E-state index in [1.54, 1.807) is 19.3 Å². The zero-order valence-corrected chi connectivity index (χ0v) is 15.0. The van der Waals surface area contributed by atoms with E-state index in [1.165, 1.54) is 12.1 Å². The van der Waals surface area contributed by atoms with E-state index in [1.807, 2.05) is 36.4 Å². The van der Waals surface area contributed by atoms with Crippen molar-refractivity contribution >= 4 is 11.6 Å². The molecular weight excluding hydrogens is 369 g/mol. The molecule has 2 atom stereocenters. The molecule has 7 heteroatoms. The molecule has 0 spiro atoms. The quantitative estimate of drug-likeness (QED) is 0.625. The second-order valence-corrected chi connectivity index (χ2v) is 6.31. The van der Waals surface area contributed by atoms with Gasteiger partial charge in [0.15, 0.2) is 0 Å². The first-order valence-electron chi connectivity index (χ1n) is 8.67. The lowest BCUT2D eigenvalue weighted by molar-refractivity contribution is -0.137. The Morgan fingerprint density at radius 1 is 0.964 bits per heavy atom. The number of hydrogen-bond donors (Lipinski definition) is 2. The van der Waals surface area contributed by atoms with Gasteiger partial charge >= 0.3 is 6.18 Å². The molecule has 3 rings (SSSR count). The van der Waals surface area contributed by atoms with Crippen LogP contribution in [0.1, 0.15) is 29.9 Å². The molecule has 2 aromatic carbocycles. The Labute approximate surface area is 160 Å². The molecular formula is C21H19F3N2O2. The lowest BCUT2D eigenvalue weighted by Gasteiger charge is -2.22. The first-order chi connectivity index (χ1) is 13.3. The van der Waals surface area contributed by atoms with Crippen LogP contribution in [0.5, 0.6) is 0 Å². The minimum atomic E-state index is -4.41. The molecule has 1 aromatic heterocycles. The zero-order chi connectivity index (χ0) is 20.1. The first-order valence-corrected chi connectivity index (χ1v) is 8.67. The maximum atomic E-state index is 12.6. The van der Waals surface area contributed by atoms with Crippen LogP contribution in [-0.4, -0.2) is 11.9 Å². The summed E-state index contributed by atoms with van der Waals surface area (Å²) in [5.41, 5.74) is 0.450. The summed E-state index contributed by atoms with van der Waals surface area (Å²) in [6.07, 6.45) is -2.86. The summed E-state index contributed by atoms with van der Waals surface area (Å²) in [6, 6.07) is 16.4. The summed E-state index contributed by atoms with van der Waals surface area (Å²) < 4.78 is 43.4. The van der Waals surface area contributed by atoms with Gasteiger partial charge in [-0.1, -0.05) is 30.3 Å². The van der Waals surface area contributed by atoms with E-state index in [0.717, 1.165) is 17.7 Å². The molecule has 0 radical (unpaired) electrons. The van der Waals surface area contributed by atoms with Crippen LogP contribution in [0.4, 0.5) is 18.9 Å². The number of furan rings is 1. The Morgan fingerprint density at radius 3 is 2.21 bits per heavy atom. The fraction of sp³-hybridized carbons (Fsp3) is 0.190. The summed E-state index contributed by atoms with van der Waals surface area (Å²) in [5.74, 6) is 0.285. The smallest absolute Gasteiger partial charge is 0.416 e. The number of amides is 1. The molecule has 0 saturated carbocycles. The van der Waals surface area contributed by atoms with Gasteiger partial charge in [0.25, 0.3) is 0 Å². The SMILES string of the molecule is C[C@H](N[C@H](c1ccccc1)c1ccco1)C(=O)Nc1ccc(C(F)(F)F)cc1. The van der Waals surface area contributed by atoms with Crippen LogP contribution in [0.25, 0.3) is 0 Å². The van der Waals surface area contributed by atoms with Crippen molar-refractivity contribution in [3.63, 3.8) is 0 Å². The second-order valence-electron chi connectivity index (χ2n) is 6.31. The van der Waals surface area contributed by atoms with Crippen molar-refractivity contribution in [2.24, 2.45) is 0 Å². The number of anilines is 1. The number of halogens is 3. The number of alkyl halides is 3. The zero-order valence-electron chi connectivity index (χ0n) is 15.0. The summed E-state index contributed by atoms with van der Waals surface area (Å²) in [4.78, 5) is 12.5. The van der Waals surface area contributed by atoms with Gasteiger partial charge in [0.1, 0.15) is 5.76 Å². The summed E-state index contributed by atoms with van der Waals surface area (Å²) >= 11 is 0.